The maximum absolute atomic E-state index is 5.90. The Hall–Kier alpha value is -2.30. The minimum Gasteiger partial charge on any atom is -0.438 e. The van der Waals surface area contributed by atoms with Crippen molar-refractivity contribution < 1.29 is 4.74 Å². The van der Waals surface area contributed by atoms with Crippen LogP contribution in [0.25, 0.3) is 0 Å². The molecule has 0 aliphatic heterocycles. The number of hydrogen-bond acceptors (Lipinski definition) is 5. The summed E-state index contributed by atoms with van der Waals surface area (Å²) in [5.41, 5.74) is 2.00. The van der Waals surface area contributed by atoms with Gasteiger partial charge in [0.05, 0.1) is 0 Å². The number of nitrogens with zero attached hydrogens (tertiary/aromatic N) is 3. The fourth-order valence-corrected chi connectivity index (χ4v) is 1.79. The summed E-state index contributed by atoms with van der Waals surface area (Å²) < 4.78 is 5.90. The van der Waals surface area contributed by atoms with Crippen LogP contribution in [-0.4, -0.2) is 30.6 Å². The van der Waals surface area contributed by atoms with Gasteiger partial charge in [-0.15, -0.1) is 0 Å². The molecule has 0 saturated carbocycles. The normalized spacial score (nSPS) is 10.3. The Labute approximate surface area is 126 Å². The van der Waals surface area contributed by atoms with Crippen LogP contribution >= 0.6 is 0 Å². The van der Waals surface area contributed by atoms with E-state index in [2.05, 4.69) is 22.2 Å². The molecule has 112 valence electrons. The van der Waals surface area contributed by atoms with Crippen LogP contribution in [-0.2, 0) is 0 Å². The minimum absolute atomic E-state index is 0.583. The van der Waals surface area contributed by atoms with Crippen LogP contribution in [0.2, 0.25) is 0 Å². The SMILES string of the molecule is CCCNc1ncc(C)c(Oc2cccc(N(C)C)c2)n1. The van der Waals surface area contributed by atoms with Crippen molar-refractivity contribution in [3.63, 3.8) is 0 Å². The zero-order chi connectivity index (χ0) is 15.2. The predicted octanol–water partition coefficient (Wildman–Crippen LogP) is 3.47. The third-order valence-corrected chi connectivity index (χ3v) is 3.01. The number of benzene rings is 1. The van der Waals surface area contributed by atoms with E-state index in [-0.39, 0.29) is 0 Å². The lowest BCUT2D eigenvalue weighted by Crippen LogP contribution is -2.08. The second-order valence-electron chi connectivity index (χ2n) is 5.10. The molecule has 1 aromatic carbocycles. The quantitative estimate of drug-likeness (QED) is 0.881. The first-order valence-corrected chi connectivity index (χ1v) is 7.13. The maximum atomic E-state index is 5.90. The van der Waals surface area contributed by atoms with Gasteiger partial charge in [0.1, 0.15) is 5.75 Å². The Morgan fingerprint density at radius 3 is 2.81 bits per heavy atom. The molecule has 0 atom stereocenters. The van der Waals surface area contributed by atoms with Crippen LogP contribution in [0.4, 0.5) is 11.6 Å². The van der Waals surface area contributed by atoms with Crippen LogP contribution in [0.1, 0.15) is 18.9 Å². The molecule has 1 N–H and O–H groups in total. The van der Waals surface area contributed by atoms with E-state index < -0.39 is 0 Å². The van der Waals surface area contributed by atoms with Gasteiger partial charge >= 0.3 is 0 Å². The number of hydrogen-bond donors (Lipinski definition) is 1. The van der Waals surface area contributed by atoms with Gasteiger partial charge in [0.15, 0.2) is 0 Å². The van der Waals surface area contributed by atoms with Gasteiger partial charge in [-0.25, -0.2) is 4.98 Å². The average molecular weight is 286 g/mol. The average Bonchev–Trinajstić information content (AvgIpc) is 2.48. The molecular weight excluding hydrogens is 264 g/mol. The summed E-state index contributed by atoms with van der Waals surface area (Å²) in [7, 11) is 4.00. The lowest BCUT2D eigenvalue weighted by molar-refractivity contribution is 0.458. The number of rotatable bonds is 6. The summed E-state index contributed by atoms with van der Waals surface area (Å²) in [6, 6.07) is 7.92. The zero-order valence-electron chi connectivity index (χ0n) is 13.1. The number of aromatic nitrogens is 2. The van der Waals surface area contributed by atoms with Gasteiger partial charge in [0, 0.05) is 44.2 Å². The molecule has 0 saturated heterocycles. The molecule has 21 heavy (non-hydrogen) atoms. The predicted molar refractivity (Wildman–Crippen MR) is 86.4 cm³/mol. The molecule has 2 rings (SSSR count). The molecule has 0 aliphatic carbocycles. The highest BCUT2D eigenvalue weighted by Crippen LogP contribution is 2.26. The molecule has 0 fully saturated rings. The molecule has 2 aromatic rings. The van der Waals surface area contributed by atoms with Crippen molar-refractivity contribution >= 4 is 11.6 Å². The standard InChI is InChI=1S/C16H22N4O/c1-5-9-17-16-18-11-12(2)15(19-16)21-14-8-6-7-13(10-14)20(3)4/h6-8,10-11H,5,9H2,1-4H3,(H,17,18,19). The molecule has 5 heteroatoms. The van der Waals surface area contributed by atoms with Crippen molar-refractivity contribution in [3.05, 3.63) is 36.0 Å². The minimum atomic E-state index is 0.583. The van der Waals surface area contributed by atoms with Crippen molar-refractivity contribution in [2.45, 2.75) is 20.3 Å². The van der Waals surface area contributed by atoms with Gasteiger partial charge in [-0.05, 0) is 25.5 Å². The Kier molecular flexibility index (Phi) is 4.98. The van der Waals surface area contributed by atoms with Crippen molar-refractivity contribution in [2.75, 3.05) is 30.9 Å². The van der Waals surface area contributed by atoms with Crippen molar-refractivity contribution in [2.24, 2.45) is 0 Å². The van der Waals surface area contributed by atoms with Gasteiger partial charge in [-0.3, -0.25) is 0 Å². The summed E-state index contributed by atoms with van der Waals surface area (Å²) in [6.07, 6.45) is 2.80. The lowest BCUT2D eigenvalue weighted by atomic mass is 10.3. The fourth-order valence-electron chi connectivity index (χ4n) is 1.79. The van der Waals surface area contributed by atoms with Crippen molar-refractivity contribution in [1.82, 2.24) is 9.97 Å². The monoisotopic (exact) mass is 286 g/mol. The zero-order valence-corrected chi connectivity index (χ0v) is 13.1. The largest absolute Gasteiger partial charge is 0.438 e. The lowest BCUT2D eigenvalue weighted by Gasteiger charge is -2.14. The highest BCUT2D eigenvalue weighted by molar-refractivity contribution is 5.50. The van der Waals surface area contributed by atoms with E-state index in [9.17, 15) is 0 Å². The van der Waals surface area contributed by atoms with Crippen molar-refractivity contribution in [3.8, 4) is 11.6 Å². The van der Waals surface area contributed by atoms with E-state index in [4.69, 9.17) is 4.74 Å². The topological polar surface area (TPSA) is 50.3 Å². The second kappa shape index (κ2) is 6.92. The molecule has 0 unspecified atom stereocenters. The molecule has 0 aliphatic rings. The molecule has 5 nitrogen and oxygen atoms in total. The summed E-state index contributed by atoms with van der Waals surface area (Å²) in [5.74, 6) is 1.95. The number of aryl methyl sites for hydroxylation is 1. The van der Waals surface area contributed by atoms with E-state index in [1.54, 1.807) is 6.20 Å². The number of anilines is 2. The van der Waals surface area contributed by atoms with E-state index in [1.165, 1.54) is 0 Å². The van der Waals surface area contributed by atoms with E-state index in [1.807, 2.05) is 50.2 Å². The van der Waals surface area contributed by atoms with Gasteiger partial charge < -0.3 is 15.0 Å². The molecule has 0 amide bonds. The molecule has 0 radical (unpaired) electrons. The highest BCUT2D eigenvalue weighted by atomic mass is 16.5. The van der Waals surface area contributed by atoms with Gasteiger partial charge in [0.2, 0.25) is 11.8 Å². The molecule has 0 bridgehead atoms. The summed E-state index contributed by atoms with van der Waals surface area (Å²) >= 11 is 0. The van der Waals surface area contributed by atoms with E-state index in [0.717, 1.165) is 30.0 Å². The van der Waals surface area contributed by atoms with Crippen molar-refractivity contribution in [1.29, 1.82) is 0 Å². The van der Waals surface area contributed by atoms with Crippen LogP contribution in [0, 0.1) is 6.92 Å². The van der Waals surface area contributed by atoms with Crippen LogP contribution < -0.4 is 15.0 Å². The molecular formula is C16H22N4O. The van der Waals surface area contributed by atoms with Gasteiger partial charge in [-0.1, -0.05) is 13.0 Å². The Balaban J connectivity index is 2.20. The summed E-state index contributed by atoms with van der Waals surface area (Å²) in [5, 5.41) is 3.17. The maximum Gasteiger partial charge on any atom is 0.226 e. The van der Waals surface area contributed by atoms with E-state index in [0.29, 0.717) is 11.8 Å². The van der Waals surface area contributed by atoms with Crippen LogP contribution in [0.5, 0.6) is 11.6 Å². The third-order valence-electron chi connectivity index (χ3n) is 3.01. The highest BCUT2D eigenvalue weighted by Gasteiger charge is 2.07. The third kappa shape index (κ3) is 4.08. The fraction of sp³-hybridized carbons (Fsp3) is 0.375. The van der Waals surface area contributed by atoms with Crippen LogP contribution in [0.3, 0.4) is 0 Å². The van der Waals surface area contributed by atoms with Crippen LogP contribution in [0.15, 0.2) is 30.5 Å². The molecule has 1 heterocycles. The Bertz CT molecular complexity index is 599. The smallest absolute Gasteiger partial charge is 0.226 e. The first-order chi connectivity index (χ1) is 10.1. The summed E-state index contributed by atoms with van der Waals surface area (Å²) in [4.78, 5) is 10.7. The number of ether oxygens (including phenoxy) is 1. The molecule has 1 aromatic heterocycles. The Morgan fingerprint density at radius 2 is 2.10 bits per heavy atom. The summed E-state index contributed by atoms with van der Waals surface area (Å²) in [6.45, 7) is 4.89. The first-order valence-electron chi connectivity index (χ1n) is 7.13. The Morgan fingerprint density at radius 1 is 1.29 bits per heavy atom. The second-order valence-corrected chi connectivity index (χ2v) is 5.10. The van der Waals surface area contributed by atoms with E-state index >= 15 is 0 Å². The first kappa shape index (κ1) is 15.1. The van der Waals surface area contributed by atoms with Gasteiger partial charge in [-0.2, -0.15) is 4.98 Å². The van der Waals surface area contributed by atoms with Gasteiger partial charge in [0.25, 0.3) is 0 Å². The molecule has 0 spiro atoms. The number of nitrogens with one attached hydrogen (secondary N) is 1.